The molecule has 1 aliphatic carbocycles. The Labute approximate surface area is 185 Å². The first-order chi connectivity index (χ1) is 15.2. The van der Waals surface area contributed by atoms with Gasteiger partial charge in [-0.05, 0) is 74.6 Å². The van der Waals surface area contributed by atoms with Crippen molar-refractivity contribution in [2.24, 2.45) is 23.7 Å². The number of aryl methyl sites for hydroxylation is 1. The zero-order valence-corrected chi connectivity index (χ0v) is 18.2. The van der Waals surface area contributed by atoms with E-state index in [1.165, 1.54) is 6.07 Å². The van der Waals surface area contributed by atoms with Crippen LogP contribution in [0.1, 0.15) is 49.7 Å². The molecule has 5 atom stereocenters. The lowest BCUT2D eigenvalue weighted by Crippen LogP contribution is -2.55. The highest BCUT2D eigenvalue weighted by atomic mass is 19.4. The topological polar surface area (TPSA) is 58.6 Å². The van der Waals surface area contributed by atoms with E-state index < -0.39 is 11.7 Å². The van der Waals surface area contributed by atoms with Crippen molar-refractivity contribution < 1.29 is 27.5 Å². The van der Waals surface area contributed by atoms with Crippen LogP contribution in [-0.2, 0) is 20.5 Å². The average molecular weight is 451 g/mol. The van der Waals surface area contributed by atoms with Crippen LogP contribution in [0, 0.1) is 30.6 Å². The number of hydrogen-bond donors (Lipinski definition) is 1. The van der Waals surface area contributed by atoms with E-state index in [0.717, 1.165) is 50.7 Å². The van der Waals surface area contributed by atoms with Crippen LogP contribution in [0.15, 0.2) is 18.2 Å². The molecule has 5 nitrogen and oxygen atoms in total. The SMILES string of the molecule is Cc1cc(C(F)(F)F)ccc1NC(=O)C1[C@H]2CCC[C@H]1CN(C(=O)[C@H]1C[C@@H]3CC[C@@H]1O3)C2. The molecule has 0 spiro atoms. The Morgan fingerprint density at radius 2 is 1.81 bits per heavy atom. The van der Waals surface area contributed by atoms with Crippen molar-refractivity contribution in [3.63, 3.8) is 0 Å². The number of amides is 2. The Balaban J connectivity index is 1.27. The van der Waals surface area contributed by atoms with E-state index in [4.69, 9.17) is 4.74 Å². The number of rotatable bonds is 3. The maximum atomic E-state index is 13.2. The molecule has 32 heavy (non-hydrogen) atoms. The highest BCUT2D eigenvalue weighted by Crippen LogP contribution is 2.44. The maximum Gasteiger partial charge on any atom is 0.416 e. The van der Waals surface area contributed by atoms with Crippen LogP contribution in [0.25, 0.3) is 0 Å². The summed E-state index contributed by atoms with van der Waals surface area (Å²) in [6.07, 6.45) is 1.50. The number of nitrogens with one attached hydrogen (secondary N) is 1. The van der Waals surface area contributed by atoms with Gasteiger partial charge in [0.15, 0.2) is 0 Å². The molecule has 1 saturated carbocycles. The molecule has 0 aromatic heterocycles. The molecule has 1 N–H and O–H groups in total. The van der Waals surface area contributed by atoms with Crippen LogP contribution in [0.4, 0.5) is 18.9 Å². The molecule has 1 aromatic rings. The molecule has 0 radical (unpaired) electrons. The maximum absolute atomic E-state index is 13.2. The van der Waals surface area contributed by atoms with E-state index in [0.29, 0.717) is 24.3 Å². The molecule has 8 heteroatoms. The lowest BCUT2D eigenvalue weighted by molar-refractivity contribution is -0.146. The van der Waals surface area contributed by atoms with E-state index >= 15 is 0 Å². The molecule has 0 unspecified atom stereocenters. The fourth-order valence-corrected chi connectivity index (χ4v) is 6.37. The number of anilines is 1. The predicted octanol–water partition coefficient (Wildman–Crippen LogP) is 4.39. The summed E-state index contributed by atoms with van der Waals surface area (Å²) in [6.45, 7) is 2.73. The number of alkyl halides is 3. The molecule has 4 bridgehead atoms. The average Bonchev–Trinajstić information content (AvgIpc) is 3.36. The van der Waals surface area contributed by atoms with Crippen LogP contribution in [-0.4, -0.2) is 42.0 Å². The molecule has 1 aromatic carbocycles. The van der Waals surface area contributed by atoms with Crippen molar-refractivity contribution in [2.45, 2.75) is 63.8 Å². The molecule has 5 rings (SSSR count). The minimum atomic E-state index is -4.41. The third kappa shape index (κ3) is 3.91. The number of hydrogen-bond acceptors (Lipinski definition) is 3. The standard InChI is InChI=1S/C24H29F3N2O3/c1-13-9-16(24(25,26)27)5-7-19(13)28-22(30)21-14-3-2-4-15(21)12-29(11-14)23(31)18-10-17-6-8-20(18)32-17/h5,7,9,14-15,17-18,20-21H,2-4,6,8,10-12H2,1H3,(H,28,30)/t14-,15-,17-,18-,20-/m0/s1. The van der Waals surface area contributed by atoms with Gasteiger partial charge in [0.05, 0.1) is 23.7 Å². The van der Waals surface area contributed by atoms with Gasteiger partial charge in [-0.25, -0.2) is 0 Å². The first-order valence-corrected chi connectivity index (χ1v) is 11.6. The van der Waals surface area contributed by atoms with Crippen molar-refractivity contribution in [3.8, 4) is 0 Å². The molecule has 4 aliphatic rings. The van der Waals surface area contributed by atoms with E-state index in [2.05, 4.69) is 5.32 Å². The van der Waals surface area contributed by atoms with Gasteiger partial charge in [-0.2, -0.15) is 13.2 Å². The molecule has 3 heterocycles. The number of halogens is 3. The van der Waals surface area contributed by atoms with Gasteiger partial charge >= 0.3 is 6.18 Å². The molecule has 174 valence electrons. The van der Waals surface area contributed by atoms with Crippen LogP contribution in [0.3, 0.4) is 0 Å². The Bertz CT molecular complexity index is 904. The molecule has 2 amide bonds. The summed E-state index contributed by atoms with van der Waals surface area (Å²) in [5, 5.41) is 2.88. The molecular formula is C24H29F3N2O3. The number of ether oxygens (including phenoxy) is 1. The quantitative estimate of drug-likeness (QED) is 0.743. The Kier molecular flexibility index (Phi) is 5.47. The fraction of sp³-hybridized carbons (Fsp3) is 0.667. The smallest absolute Gasteiger partial charge is 0.374 e. The number of likely N-dealkylation sites (tertiary alicyclic amines) is 1. The van der Waals surface area contributed by atoms with Gasteiger partial charge in [0, 0.05) is 24.7 Å². The second kappa shape index (κ2) is 8.04. The third-order valence-electron chi connectivity index (χ3n) is 7.92. The molecule has 3 saturated heterocycles. The van der Waals surface area contributed by atoms with Gasteiger partial charge in [0.2, 0.25) is 11.8 Å². The lowest BCUT2D eigenvalue weighted by atomic mass is 9.68. The Morgan fingerprint density at radius 3 is 2.38 bits per heavy atom. The second-order valence-electron chi connectivity index (χ2n) is 9.95. The Hall–Kier alpha value is -2.09. The van der Waals surface area contributed by atoms with Gasteiger partial charge < -0.3 is 15.0 Å². The summed E-state index contributed by atoms with van der Waals surface area (Å²) in [5.74, 6) is -0.0636. The zero-order valence-electron chi connectivity index (χ0n) is 18.2. The normalized spacial score (nSPS) is 33.9. The monoisotopic (exact) mass is 450 g/mol. The number of nitrogens with zero attached hydrogens (tertiary/aromatic N) is 1. The first-order valence-electron chi connectivity index (χ1n) is 11.6. The zero-order chi connectivity index (χ0) is 22.6. The largest absolute Gasteiger partial charge is 0.416 e. The minimum absolute atomic E-state index is 0.0466. The van der Waals surface area contributed by atoms with Gasteiger partial charge in [-0.3, -0.25) is 9.59 Å². The van der Waals surface area contributed by atoms with Crippen LogP contribution >= 0.6 is 0 Å². The van der Waals surface area contributed by atoms with E-state index in [-0.39, 0.29) is 47.7 Å². The van der Waals surface area contributed by atoms with Gasteiger partial charge in [0.25, 0.3) is 0 Å². The van der Waals surface area contributed by atoms with Crippen LogP contribution in [0.2, 0.25) is 0 Å². The number of carbonyl (C=O) groups is 2. The summed E-state index contributed by atoms with van der Waals surface area (Å²) >= 11 is 0. The third-order valence-corrected chi connectivity index (χ3v) is 7.92. The molecule has 4 fully saturated rings. The van der Waals surface area contributed by atoms with Crippen molar-refractivity contribution in [1.82, 2.24) is 4.90 Å². The van der Waals surface area contributed by atoms with E-state index in [1.807, 2.05) is 4.90 Å². The minimum Gasteiger partial charge on any atom is -0.374 e. The Morgan fingerprint density at radius 1 is 1.09 bits per heavy atom. The van der Waals surface area contributed by atoms with Gasteiger partial charge in [-0.1, -0.05) is 6.42 Å². The van der Waals surface area contributed by atoms with Crippen LogP contribution < -0.4 is 5.32 Å². The number of benzene rings is 1. The summed E-state index contributed by atoms with van der Waals surface area (Å²) in [5.41, 5.74) is 0.0854. The summed E-state index contributed by atoms with van der Waals surface area (Å²) in [6, 6.07) is 3.40. The van der Waals surface area contributed by atoms with Crippen molar-refractivity contribution in [1.29, 1.82) is 0 Å². The van der Waals surface area contributed by atoms with Crippen molar-refractivity contribution in [2.75, 3.05) is 18.4 Å². The number of piperidine rings is 1. The molecular weight excluding hydrogens is 421 g/mol. The van der Waals surface area contributed by atoms with Crippen molar-refractivity contribution in [3.05, 3.63) is 29.3 Å². The fourth-order valence-electron chi connectivity index (χ4n) is 6.37. The second-order valence-corrected chi connectivity index (χ2v) is 9.95. The van der Waals surface area contributed by atoms with E-state index in [1.54, 1.807) is 6.92 Å². The highest BCUT2D eigenvalue weighted by molar-refractivity contribution is 5.94. The number of carbonyl (C=O) groups excluding carboxylic acids is 2. The first kappa shape index (κ1) is 21.7. The van der Waals surface area contributed by atoms with Crippen molar-refractivity contribution >= 4 is 17.5 Å². The lowest BCUT2D eigenvalue weighted by Gasteiger charge is -2.47. The van der Waals surface area contributed by atoms with Crippen LogP contribution in [0.5, 0.6) is 0 Å². The van der Waals surface area contributed by atoms with E-state index in [9.17, 15) is 22.8 Å². The summed E-state index contributed by atoms with van der Waals surface area (Å²) in [7, 11) is 0. The van der Waals surface area contributed by atoms with Gasteiger partial charge in [0.1, 0.15) is 0 Å². The molecule has 3 aliphatic heterocycles. The summed E-state index contributed by atoms with van der Waals surface area (Å²) < 4.78 is 44.7. The number of fused-ring (bicyclic) bond motifs is 4. The highest BCUT2D eigenvalue weighted by Gasteiger charge is 2.49. The van der Waals surface area contributed by atoms with Gasteiger partial charge in [-0.15, -0.1) is 0 Å². The predicted molar refractivity (Wildman–Crippen MR) is 112 cm³/mol. The summed E-state index contributed by atoms with van der Waals surface area (Å²) in [4.78, 5) is 28.4.